The monoisotopic (exact) mass is 518 g/mol. The highest BCUT2D eigenvalue weighted by Gasteiger charge is 2.37. The molecule has 3 rings (SSSR count). The lowest BCUT2D eigenvalue weighted by Crippen LogP contribution is -2.41. The lowest BCUT2D eigenvalue weighted by atomic mass is 9.85. The zero-order valence-corrected chi connectivity index (χ0v) is 20.9. The molecule has 1 atom stereocenters. The molecule has 190 valence electrons. The minimum atomic E-state index is -4.57. The van der Waals surface area contributed by atoms with Gasteiger partial charge in [0.2, 0.25) is 5.91 Å². The standard InChI is InChI=1S/C25H25F3N4O3S/c1-14-20(22(34)31-16-8-5-7-15(11-16)25(26,27)28)21(18-9-6-10-35-18)17(12-29)23(30-14)36-13-19(33)32-24(2,3)4/h5-11,21,30H,13H2,1-4H3,(H,31,34)(H,32,33)/t21-/m0/s1. The van der Waals surface area contributed by atoms with Crippen LogP contribution >= 0.6 is 11.8 Å². The molecule has 11 heteroatoms. The highest BCUT2D eigenvalue weighted by Crippen LogP contribution is 2.41. The van der Waals surface area contributed by atoms with Crippen LogP contribution in [0.1, 0.15) is 44.9 Å². The fraction of sp³-hybridized carbons (Fsp3) is 0.320. The number of thioether (sulfide) groups is 1. The lowest BCUT2D eigenvalue weighted by molar-refractivity contribution is -0.137. The van der Waals surface area contributed by atoms with Crippen molar-refractivity contribution in [2.24, 2.45) is 0 Å². The van der Waals surface area contributed by atoms with E-state index in [-0.39, 0.29) is 28.5 Å². The number of halogens is 3. The van der Waals surface area contributed by atoms with Gasteiger partial charge in [-0.1, -0.05) is 17.8 Å². The van der Waals surface area contributed by atoms with Crippen LogP contribution < -0.4 is 16.0 Å². The number of rotatable bonds is 6. The minimum absolute atomic E-state index is 0.0225. The van der Waals surface area contributed by atoms with Gasteiger partial charge >= 0.3 is 6.18 Å². The predicted octanol–water partition coefficient (Wildman–Crippen LogP) is 5.28. The van der Waals surface area contributed by atoms with E-state index >= 15 is 0 Å². The number of dihydropyridines is 1. The van der Waals surface area contributed by atoms with Gasteiger partial charge in [0.1, 0.15) is 5.76 Å². The Morgan fingerprint density at radius 2 is 1.92 bits per heavy atom. The van der Waals surface area contributed by atoms with Crippen molar-refractivity contribution in [3.63, 3.8) is 0 Å². The number of anilines is 1. The number of amides is 2. The number of alkyl halides is 3. The van der Waals surface area contributed by atoms with Crippen LogP contribution in [-0.2, 0) is 15.8 Å². The summed E-state index contributed by atoms with van der Waals surface area (Å²) < 4.78 is 44.9. The molecule has 1 aliphatic rings. The van der Waals surface area contributed by atoms with Crippen LogP contribution in [0, 0.1) is 11.3 Å². The molecule has 0 spiro atoms. The summed E-state index contributed by atoms with van der Waals surface area (Å²) >= 11 is 1.11. The third kappa shape index (κ3) is 6.51. The van der Waals surface area contributed by atoms with E-state index in [4.69, 9.17) is 4.42 Å². The first-order chi connectivity index (χ1) is 16.8. The number of allylic oxidation sites excluding steroid dienone is 2. The van der Waals surface area contributed by atoms with Crippen molar-refractivity contribution in [3.8, 4) is 6.07 Å². The molecule has 0 saturated carbocycles. The minimum Gasteiger partial charge on any atom is -0.468 e. The molecule has 0 aliphatic carbocycles. The maximum absolute atomic E-state index is 13.3. The quantitative estimate of drug-likeness (QED) is 0.480. The largest absolute Gasteiger partial charge is 0.468 e. The Kier molecular flexibility index (Phi) is 7.89. The Morgan fingerprint density at radius 1 is 1.19 bits per heavy atom. The smallest absolute Gasteiger partial charge is 0.416 e. The Balaban J connectivity index is 1.93. The first-order valence-electron chi connectivity index (χ1n) is 10.9. The molecule has 0 unspecified atom stereocenters. The maximum atomic E-state index is 13.3. The van der Waals surface area contributed by atoms with Gasteiger partial charge in [-0.3, -0.25) is 9.59 Å². The van der Waals surface area contributed by atoms with E-state index < -0.39 is 29.1 Å². The predicted molar refractivity (Wildman–Crippen MR) is 130 cm³/mol. The molecule has 7 nitrogen and oxygen atoms in total. The Labute approximate surface area is 210 Å². The Hall–Kier alpha value is -3.65. The third-order valence-corrected chi connectivity index (χ3v) is 6.05. The van der Waals surface area contributed by atoms with Gasteiger partial charge in [0, 0.05) is 16.9 Å². The van der Waals surface area contributed by atoms with Crippen LogP contribution in [0.2, 0.25) is 0 Å². The molecule has 0 radical (unpaired) electrons. The second-order valence-corrected chi connectivity index (χ2v) is 10.1. The summed E-state index contributed by atoms with van der Waals surface area (Å²) in [5.74, 6) is -1.52. The summed E-state index contributed by atoms with van der Waals surface area (Å²) in [5, 5.41) is 18.7. The van der Waals surface area contributed by atoms with Crippen molar-refractivity contribution in [3.05, 3.63) is 75.9 Å². The number of carbonyl (C=O) groups excluding carboxylic acids is 2. The molecule has 2 amide bonds. The lowest BCUT2D eigenvalue weighted by Gasteiger charge is -2.28. The molecule has 0 bridgehead atoms. The van der Waals surface area contributed by atoms with Gasteiger partial charge in [0.05, 0.1) is 45.7 Å². The van der Waals surface area contributed by atoms with Crippen LogP contribution in [-0.4, -0.2) is 23.1 Å². The van der Waals surface area contributed by atoms with Crippen molar-refractivity contribution < 1.29 is 27.2 Å². The summed E-state index contributed by atoms with van der Waals surface area (Å²) in [7, 11) is 0. The highest BCUT2D eigenvalue weighted by molar-refractivity contribution is 8.03. The Bertz CT molecular complexity index is 1250. The zero-order valence-electron chi connectivity index (χ0n) is 20.0. The fourth-order valence-electron chi connectivity index (χ4n) is 3.63. The van der Waals surface area contributed by atoms with Crippen LogP contribution in [0.5, 0.6) is 0 Å². The van der Waals surface area contributed by atoms with Gasteiger partial charge < -0.3 is 20.4 Å². The molecule has 36 heavy (non-hydrogen) atoms. The van der Waals surface area contributed by atoms with Crippen molar-refractivity contribution >= 4 is 29.3 Å². The van der Waals surface area contributed by atoms with Gasteiger partial charge in [-0.2, -0.15) is 18.4 Å². The number of hydrogen-bond donors (Lipinski definition) is 3. The first kappa shape index (κ1) is 26.9. The number of furan rings is 1. The van der Waals surface area contributed by atoms with Gasteiger partial charge in [-0.15, -0.1) is 0 Å². The van der Waals surface area contributed by atoms with Gasteiger partial charge in [-0.05, 0) is 58.0 Å². The first-order valence-corrected chi connectivity index (χ1v) is 11.9. The summed E-state index contributed by atoms with van der Waals surface area (Å²) in [6, 6.07) is 9.59. The van der Waals surface area contributed by atoms with E-state index in [1.165, 1.54) is 18.4 Å². The molecular weight excluding hydrogens is 493 g/mol. The average molecular weight is 519 g/mol. The number of carbonyl (C=O) groups is 2. The van der Waals surface area contributed by atoms with Crippen LogP contribution in [0.25, 0.3) is 0 Å². The molecule has 1 aromatic heterocycles. The van der Waals surface area contributed by atoms with Crippen molar-refractivity contribution in [2.45, 2.75) is 45.3 Å². The van der Waals surface area contributed by atoms with E-state index in [1.54, 1.807) is 19.1 Å². The number of nitrogens with one attached hydrogen (secondary N) is 3. The Morgan fingerprint density at radius 3 is 2.50 bits per heavy atom. The fourth-order valence-corrected chi connectivity index (χ4v) is 4.52. The number of hydrogen-bond acceptors (Lipinski definition) is 6. The van der Waals surface area contributed by atoms with E-state index in [9.17, 15) is 28.0 Å². The number of benzene rings is 1. The van der Waals surface area contributed by atoms with Gasteiger partial charge in [-0.25, -0.2) is 0 Å². The molecular formula is C25H25F3N4O3S. The third-order valence-electron chi connectivity index (χ3n) is 5.03. The molecule has 3 N–H and O–H groups in total. The second-order valence-electron chi connectivity index (χ2n) is 9.09. The summed E-state index contributed by atoms with van der Waals surface area (Å²) in [4.78, 5) is 25.6. The SMILES string of the molecule is CC1=C(C(=O)Nc2cccc(C(F)(F)F)c2)[C@H](c2ccco2)C(C#N)=C(SCC(=O)NC(C)(C)C)N1. The van der Waals surface area contributed by atoms with Crippen LogP contribution in [0.3, 0.4) is 0 Å². The van der Waals surface area contributed by atoms with E-state index in [0.717, 1.165) is 23.9 Å². The van der Waals surface area contributed by atoms with E-state index in [1.807, 2.05) is 20.8 Å². The number of nitrogens with zero attached hydrogens (tertiary/aromatic N) is 1. The molecule has 0 fully saturated rings. The zero-order chi connectivity index (χ0) is 26.7. The maximum Gasteiger partial charge on any atom is 0.416 e. The molecule has 2 aromatic rings. The molecule has 2 heterocycles. The summed E-state index contributed by atoms with van der Waals surface area (Å²) in [6.07, 6.45) is -3.17. The second kappa shape index (κ2) is 10.5. The van der Waals surface area contributed by atoms with Gasteiger partial charge in [0.25, 0.3) is 5.91 Å². The topological polar surface area (TPSA) is 107 Å². The normalized spacial score (nSPS) is 16.3. The average Bonchev–Trinajstić information content (AvgIpc) is 3.30. The molecule has 1 aliphatic heterocycles. The summed E-state index contributed by atoms with van der Waals surface area (Å²) in [6.45, 7) is 7.16. The molecule has 0 saturated heterocycles. The van der Waals surface area contributed by atoms with Crippen molar-refractivity contribution in [2.75, 3.05) is 11.1 Å². The van der Waals surface area contributed by atoms with Crippen LogP contribution in [0.4, 0.5) is 18.9 Å². The van der Waals surface area contributed by atoms with Gasteiger partial charge in [0.15, 0.2) is 0 Å². The van der Waals surface area contributed by atoms with E-state index in [2.05, 4.69) is 22.0 Å². The molecule has 1 aromatic carbocycles. The van der Waals surface area contributed by atoms with Crippen LogP contribution in [0.15, 0.2) is 69.0 Å². The number of nitriles is 1. The van der Waals surface area contributed by atoms with E-state index in [0.29, 0.717) is 16.5 Å². The van der Waals surface area contributed by atoms with Crippen molar-refractivity contribution in [1.29, 1.82) is 5.26 Å². The van der Waals surface area contributed by atoms with Crippen molar-refractivity contribution in [1.82, 2.24) is 10.6 Å². The highest BCUT2D eigenvalue weighted by atomic mass is 32.2. The summed E-state index contributed by atoms with van der Waals surface area (Å²) in [5.41, 5.74) is -0.736.